The molecule has 1 fully saturated rings. The second-order valence-corrected chi connectivity index (χ2v) is 6.73. The molecule has 108 valence electrons. The molecule has 0 bridgehead atoms. The molecule has 4 nitrogen and oxygen atoms in total. The van der Waals surface area contributed by atoms with E-state index >= 15 is 0 Å². The van der Waals surface area contributed by atoms with Gasteiger partial charge in [0.15, 0.2) is 0 Å². The van der Waals surface area contributed by atoms with E-state index in [-0.39, 0.29) is 18.3 Å². The van der Waals surface area contributed by atoms with E-state index in [0.717, 1.165) is 0 Å². The van der Waals surface area contributed by atoms with E-state index in [1.54, 1.807) is 26.0 Å². The van der Waals surface area contributed by atoms with Crippen LogP contribution in [0.5, 0.6) is 0 Å². The molecule has 1 aromatic rings. The molecule has 0 saturated carbocycles. The van der Waals surface area contributed by atoms with Gasteiger partial charge in [0, 0.05) is 5.75 Å². The molecule has 0 spiro atoms. The van der Waals surface area contributed by atoms with Crippen LogP contribution in [-0.2, 0) is 20.9 Å². The van der Waals surface area contributed by atoms with Crippen molar-refractivity contribution in [3.05, 3.63) is 35.6 Å². The van der Waals surface area contributed by atoms with E-state index in [1.807, 2.05) is 0 Å². The van der Waals surface area contributed by atoms with Gasteiger partial charge in [0.2, 0.25) is 5.91 Å². The zero-order valence-corrected chi connectivity index (χ0v) is 12.1. The molecule has 1 saturated heterocycles. The number of hydrogen-bond acceptors (Lipinski definition) is 4. The summed E-state index contributed by atoms with van der Waals surface area (Å²) in [6, 6.07) is 5.22. The second-order valence-electron chi connectivity index (χ2n) is 5.08. The summed E-state index contributed by atoms with van der Waals surface area (Å²) < 4.78 is 17.6. The van der Waals surface area contributed by atoms with Crippen LogP contribution in [0.1, 0.15) is 19.4 Å². The molecule has 0 unspecified atom stereocenters. The highest BCUT2D eigenvalue weighted by molar-refractivity contribution is 8.01. The molecular weight excluding hydrogens is 281 g/mol. The molecule has 2 rings (SSSR count). The highest BCUT2D eigenvalue weighted by Crippen LogP contribution is 2.29. The van der Waals surface area contributed by atoms with Crippen molar-refractivity contribution in [2.75, 3.05) is 5.75 Å². The predicted octanol–water partition coefficient (Wildman–Crippen LogP) is 1.88. The van der Waals surface area contributed by atoms with Crippen molar-refractivity contribution in [2.45, 2.75) is 31.2 Å². The minimum Gasteiger partial charge on any atom is -0.459 e. The van der Waals surface area contributed by atoms with Gasteiger partial charge < -0.3 is 10.1 Å². The van der Waals surface area contributed by atoms with Crippen LogP contribution in [-0.4, -0.2) is 28.4 Å². The fraction of sp³-hybridized carbons (Fsp3) is 0.429. The smallest absolute Gasteiger partial charge is 0.329 e. The highest BCUT2D eigenvalue weighted by Gasteiger charge is 2.38. The SMILES string of the molecule is CC1(C)SC[C@@H](C(=O)OCc2cccc(F)c2)NC1=O. The summed E-state index contributed by atoms with van der Waals surface area (Å²) in [6.07, 6.45) is 0. The number of thioether (sulfide) groups is 1. The Kier molecular flexibility index (Phi) is 4.32. The third-order valence-electron chi connectivity index (χ3n) is 3.02. The Labute approximate surface area is 121 Å². The Hall–Kier alpha value is -1.56. The van der Waals surface area contributed by atoms with Gasteiger partial charge in [-0.15, -0.1) is 11.8 Å². The molecule has 6 heteroatoms. The maximum atomic E-state index is 13.0. The van der Waals surface area contributed by atoms with Gasteiger partial charge in [0.05, 0.1) is 4.75 Å². The molecule has 0 aromatic heterocycles. The van der Waals surface area contributed by atoms with Gasteiger partial charge in [0.25, 0.3) is 0 Å². The minimum absolute atomic E-state index is 0.00295. The van der Waals surface area contributed by atoms with Crippen molar-refractivity contribution in [3.63, 3.8) is 0 Å². The summed E-state index contributed by atoms with van der Waals surface area (Å²) in [4.78, 5) is 23.6. The average molecular weight is 297 g/mol. The zero-order chi connectivity index (χ0) is 14.8. The number of hydrogen-bond donors (Lipinski definition) is 1. The topological polar surface area (TPSA) is 55.4 Å². The molecule has 0 radical (unpaired) electrons. The maximum Gasteiger partial charge on any atom is 0.329 e. The lowest BCUT2D eigenvalue weighted by Crippen LogP contribution is -2.54. The summed E-state index contributed by atoms with van der Waals surface area (Å²) in [5.74, 6) is -0.574. The van der Waals surface area contributed by atoms with Crippen LogP contribution in [0.25, 0.3) is 0 Å². The van der Waals surface area contributed by atoms with Crippen LogP contribution >= 0.6 is 11.8 Å². The second kappa shape index (κ2) is 5.83. The van der Waals surface area contributed by atoms with Crippen LogP contribution in [0.3, 0.4) is 0 Å². The first-order chi connectivity index (χ1) is 9.38. The molecule has 1 aliphatic heterocycles. The first-order valence-electron chi connectivity index (χ1n) is 6.24. The van der Waals surface area contributed by atoms with Crippen LogP contribution in [0.2, 0.25) is 0 Å². The molecule has 1 heterocycles. The van der Waals surface area contributed by atoms with Gasteiger partial charge in [-0.1, -0.05) is 12.1 Å². The Morgan fingerprint density at radius 1 is 1.55 bits per heavy atom. The first-order valence-corrected chi connectivity index (χ1v) is 7.23. The lowest BCUT2D eigenvalue weighted by Gasteiger charge is -2.32. The summed E-state index contributed by atoms with van der Waals surface area (Å²) in [5, 5.41) is 2.65. The monoisotopic (exact) mass is 297 g/mol. The van der Waals surface area contributed by atoms with Crippen molar-refractivity contribution in [3.8, 4) is 0 Å². The molecule has 20 heavy (non-hydrogen) atoms. The summed E-state index contributed by atoms with van der Waals surface area (Å²) in [5.41, 5.74) is 0.577. The van der Waals surface area contributed by atoms with E-state index in [4.69, 9.17) is 4.74 Å². The summed E-state index contributed by atoms with van der Waals surface area (Å²) >= 11 is 1.42. The Morgan fingerprint density at radius 2 is 2.30 bits per heavy atom. The quantitative estimate of drug-likeness (QED) is 0.866. The van der Waals surface area contributed by atoms with Crippen LogP contribution in [0.15, 0.2) is 24.3 Å². The lowest BCUT2D eigenvalue weighted by atomic mass is 10.1. The van der Waals surface area contributed by atoms with Crippen LogP contribution in [0.4, 0.5) is 4.39 Å². The van der Waals surface area contributed by atoms with Crippen molar-refractivity contribution in [1.29, 1.82) is 0 Å². The van der Waals surface area contributed by atoms with Crippen LogP contribution < -0.4 is 5.32 Å². The predicted molar refractivity (Wildman–Crippen MR) is 74.7 cm³/mol. The van der Waals surface area contributed by atoms with Crippen molar-refractivity contribution >= 4 is 23.6 Å². The van der Waals surface area contributed by atoms with Crippen molar-refractivity contribution in [1.82, 2.24) is 5.32 Å². The maximum absolute atomic E-state index is 13.0. The van der Waals surface area contributed by atoms with Crippen LogP contribution in [0, 0.1) is 5.82 Å². The Morgan fingerprint density at radius 3 is 2.95 bits per heavy atom. The van der Waals surface area contributed by atoms with E-state index in [0.29, 0.717) is 11.3 Å². The molecule has 1 aromatic carbocycles. The number of amides is 1. The average Bonchev–Trinajstić information content (AvgIpc) is 2.39. The van der Waals surface area contributed by atoms with E-state index in [2.05, 4.69) is 5.32 Å². The van der Waals surface area contributed by atoms with Crippen molar-refractivity contribution < 1.29 is 18.7 Å². The van der Waals surface area contributed by atoms with E-state index in [1.165, 1.54) is 23.9 Å². The lowest BCUT2D eigenvalue weighted by molar-refractivity contribution is -0.148. The van der Waals surface area contributed by atoms with Gasteiger partial charge in [-0.3, -0.25) is 4.79 Å². The largest absolute Gasteiger partial charge is 0.459 e. The first kappa shape index (κ1) is 14.8. The van der Waals surface area contributed by atoms with Gasteiger partial charge >= 0.3 is 5.97 Å². The third kappa shape index (κ3) is 3.50. The summed E-state index contributed by atoms with van der Waals surface area (Å²) in [6.45, 7) is 3.61. The number of esters is 1. The molecule has 1 aliphatic rings. The standard InChI is InChI=1S/C14H16FNO3S/c1-14(2)13(18)16-11(8-20-14)12(17)19-7-9-4-3-5-10(15)6-9/h3-6,11H,7-8H2,1-2H3,(H,16,18)/t11-/m0/s1. The third-order valence-corrected chi connectivity index (χ3v) is 4.42. The van der Waals surface area contributed by atoms with E-state index in [9.17, 15) is 14.0 Å². The number of carbonyl (C=O) groups is 2. The number of rotatable bonds is 3. The highest BCUT2D eigenvalue weighted by atomic mass is 32.2. The van der Waals surface area contributed by atoms with Gasteiger partial charge in [-0.05, 0) is 31.5 Å². The number of ether oxygens (including phenoxy) is 1. The van der Waals surface area contributed by atoms with E-state index < -0.39 is 16.8 Å². The van der Waals surface area contributed by atoms with Gasteiger partial charge in [0.1, 0.15) is 18.5 Å². The number of nitrogens with one attached hydrogen (secondary N) is 1. The fourth-order valence-corrected chi connectivity index (χ4v) is 2.73. The number of halogens is 1. The van der Waals surface area contributed by atoms with Crippen molar-refractivity contribution in [2.24, 2.45) is 0 Å². The fourth-order valence-electron chi connectivity index (χ4n) is 1.74. The zero-order valence-electron chi connectivity index (χ0n) is 11.3. The number of carbonyl (C=O) groups excluding carboxylic acids is 2. The number of benzene rings is 1. The van der Waals surface area contributed by atoms with Gasteiger partial charge in [-0.2, -0.15) is 0 Å². The molecule has 1 atom stereocenters. The Bertz CT molecular complexity index is 533. The summed E-state index contributed by atoms with van der Waals surface area (Å²) in [7, 11) is 0. The van der Waals surface area contributed by atoms with Gasteiger partial charge in [-0.25, -0.2) is 9.18 Å². The Balaban J connectivity index is 1.88. The minimum atomic E-state index is -0.644. The molecule has 0 aliphatic carbocycles. The normalized spacial score (nSPS) is 21.1. The molecule has 1 N–H and O–H groups in total. The molecular formula is C14H16FNO3S. The molecule has 1 amide bonds.